The molecule has 0 aliphatic heterocycles. The summed E-state index contributed by atoms with van der Waals surface area (Å²) < 4.78 is 26.4. The predicted molar refractivity (Wildman–Crippen MR) is 87.1 cm³/mol. The Bertz CT molecular complexity index is 652. The van der Waals surface area contributed by atoms with Crippen LogP contribution in [0.3, 0.4) is 0 Å². The van der Waals surface area contributed by atoms with Gasteiger partial charge in [0.1, 0.15) is 12.5 Å². The zero-order valence-electron chi connectivity index (χ0n) is 12.4. The van der Waals surface area contributed by atoms with Crippen LogP contribution in [0.2, 0.25) is 5.02 Å². The number of benzene rings is 2. The van der Waals surface area contributed by atoms with Crippen LogP contribution in [-0.4, -0.2) is 25.8 Å². The zero-order chi connectivity index (χ0) is 16.7. The molecule has 2 rings (SSSR count). The first-order chi connectivity index (χ1) is 11.1. The van der Waals surface area contributed by atoms with E-state index in [-0.39, 0.29) is 18.1 Å². The molecule has 1 unspecified atom stereocenters. The summed E-state index contributed by atoms with van der Waals surface area (Å²) in [6.07, 6.45) is 0. The third-order valence-electron chi connectivity index (χ3n) is 3.41. The summed E-state index contributed by atoms with van der Waals surface area (Å²) in [5.41, 5.74) is 1.24. The van der Waals surface area contributed by atoms with Gasteiger partial charge in [0, 0.05) is 19.0 Å². The Balaban J connectivity index is 2.23. The van der Waals surface area contributed by atoms with Crippen molar-refractivity contribution in [2.45, 2.75) is 5.92 Å². The standard InChI is InChI=1S/C17H17ClF2N2O/c18-15-8-4-7-13(16(15)20)14(12-5-2-1-3-6-12)11-22-17(23)21-10-9-19/h1-8,14H,9-11H2,(H2,21,22,23). The first kappa shape index (κ1) is 17.2. The predicted octanol–water partition coefficient (Wildman–Crippen LogP) is 3.88. The highest BCUT2D eigenvalue weighted by molar-refractivity contribution is 6.30. The van der Waals surface area contributed by atoms with Gasteiger partial charge in [0.25, 0.3) is 0 Å². The van der Waals surface area contributed by atoms with Crippen molar-refractivity contribution in [3.05, 3.63) is 70.5 Å². The summed E-state index contributed by atoms with van der Waals surface area (Å²) >= 11 is 5.86. The Morgan fingerprint density at radius 1 is 1.09 bits per heavy atom. The van der Waals surface area contributed by atoms with Crippen molar-refractivity contribution in [3.8, 4) is 0 Å². The topological polar surface area (TPSA) is 41.1 Å². The van der Waals surface area contributed by atoms with Gasteiger partial charge in [0.15, 0.2) is 0 Å². The molecule has 23 heavy (non-hydrogen) atoms. The summed E-state index contributed by atoms with van der Waals surface area (Å²) in [5, 5.41) is 5.04. The largest absolute Gasteiger partial charge is 0.337 e. The van der Waals surface area contributed by atoms with Crippen LogP contribution in [0.5, 0.6) is 0 Å². The van der Waals surface area contributed by atoms with Crippen LogP contribution < -0.4 is 10.6 Å². The van der Waals surface area contributed by atoms with Gasteiger partial charge in [-0.3, -0.25) is 0 Å². The average Bonchev–Trinajstić information content (AvgIpc) is 2.57. The Morgan fingerprint density at radius 2 is 1.83 bits per heavy atom. The fourth-order valence-corrected chi connectivity index (χ4v) is 2.48. The monoisotopic (exact) mass is 338 g/mol. The van der Waals surface area contributed by atoms with Crippen LogP contribution in [0, 0.1) is 5.82 Å². The minimum absolute atomic E-state index is 0.0327. The van der Waals surface area contributed by atoms with Gasteiger partial charge in [0.05, 0.1) is 5.02 Å². The van der Waals surface area contributed by atoms with E-state index in [1.807, 2.05) is 30.3 Å². The molecular formula is C17H17ClF2N2O. The number of nitrogens with one attached hydrogen (secondary N) is 2. The molecule has 2 amide bonds. The van der Waals surface area contributed by atoms with Crippen molar-refractivity contribution in [1.29, 1.82) is 0 Å². The van der Waals surface area contributed by atoms with Crippen LogP contribution in [-0.2, 0) is 0 Å². The number of amides is 2. The van der Waals surface area contributed by atoms with Crippen molar-refractivity contribution in [2.24, 2.45) is 0 Å². The fraction of sp³-hybridized carbons (Fsp3) is 0.235. The van der Waals surface area contributed by atoms with Gasteiger partial charge >= 0.3 is 6.03 Å². The van der Waals surface area contributed by atoms with Gasteiger partial charge in [-0.1, -0.05) is 54.1 Å². The lowest BCUT2D eigenvalue weighted by Crippen LogP contribution is -2.39. The molecule has 0 bridgehead atoms. The number of halogens is 3. The molecule has 3 nitrogen and oxygen atoms in total. The zero-order valence-corrected chi connectivity index (χ0v) is 13.1. The summed E-state index contributed by atoms with van der Waals surface area (Å²) in [4.78, 5) is 11.6. The molecule has 0 fully saturated rings. The number of hydrogen-bond acceptors (Lipinski definition) is 1. The van der Waals surface area contributed by atoms with E-state index in [0.29, 0.717) is 5.56 Å². The Hall–Kier alpha value is -2.14. The van der Waals surface area contributed by atoms with Crippen LogP contribution in [0.15, 0.2) is 48.5 Å². The van der Waals surface area contributed by atoms with E-state index < -0.39 is 24.4 Å². The Labute approximate surface area is 138 Å². The van der Waals surface area contributed by atoms with Gasteiger partial charge in [-0.2, -0.15) is 0 Å². The van der Waals surface area contributed by atoms with Crippen LogP contribution >= 0.6 is 11.6 Å². The maximum absolute atomic E-state index is 14.4. The molecular weight excluding hydrogens is 322 g/mol. The lowest BCUT2D eigenvalue weighted by molar-refractivity contribution is 0.239. The second-order valence-electron chi connectivity index (χ2n) is 4.93. The van der Waals surface area contributed by atoms with E-state index in [4.69, 9.17) is 11.6 Å². The number of hydrogen-bond donors (Lipinski definition) is 2. The second-order valence-corrected chi connectivity index (χ2v) is 5.34. The van der Waals surface area contributed by atoms with E-state index in [0.717, 1.165) is 5.56 Å². The normalized spacial score (nSPS) is 11.8. The van der Waals surface area contributed by atoms with Crippen molar-refractivity contribution >= 4 is 17.6 Å². The maximum Gasteiger partial charge on any atom is 0.314 e. The molecule has 2 N–H and O–H groups in total. The highest BCUT2D eigenvalue weighted by Crippen LogP contribution is 2.29. The van der Waals surface area contributed by atoms with Crippen molar-refractivity contribution in [3.63, 3.8) is 0 Å². The highest BCUT2D eigenvalue weighted by Gasteiger charge is 2.20. The number of carbonyl (C=O) groups excluding carboxylic acids is 1. The first-order valence-electron chi connectivity index (χ1n) is 7.20. The quantitative estimate of drug-likeness (QED) is 0.824. The van der Waals surface area contributed by atoms with E-state index in [1.165, 1.54) is 6.07 Å². The third-order valence-corrected chi connectivity index (χ3v) is 3.70. The SMILES string of the molecule is O=C(NCCF)NCC(c1ccccc1)c1cccc(Cl)c1F. The number of urea groups is 1. The molecule has 0 saturated carbocycles. The third kappa shape index (κ3) is 4.66. The van der Waals surface area contributed by atoms with Gasteiger partial charge in [-0.15, -0.1) is 0 Å². The highest BCUT2D eigenvalue weighted by atomic mass is 35.5. The molecule has 0 aromatic heterocycles. The minimum atomic E-state index is -0.640. The van der Waals surface area contributed by atoms with Crippen molar-refractivity contribution < 1.29 is 13.6 Å². The molecule has 0 saturated heterocycles. The summed E-state index contributed by atoms with van der Waals surface area (Å²) in [6.45, 7) is -0.536. The van der Waals surface area contributed by atoms with E-state index in [2.05, 4.69) is 10.6 Å². The molecule has 0 aliphatic carbocycles. The van der Waals surface area contributed by atoms with Crippen molar-refractivity contribution in [1.82, 2.24) is 10.6 Å². The molecule has 0 heterocycles. The average molecular weight is 339 g/mol. The number of carbonyl (C=O) groups is 1. The molecule has 2 aromatic rings. The van der Waals surface area contributed by atoms with Gasteiger partial charge < -0.3 is 10.6 Å². The first-order valence-corrected chi connectivity index (χ1v) is 7.57. The van der Waals surface area contributed by atoms with E-state index in [1.54, 1.807) is 12.1 Å². The Morgan fingerprint density at radius 3 is 2.52 bits per heavy atom. The van der Waals surface area contributed by atoms with Crippen LogP contribution in [0.25, 0.3) is 0 Å². The fourth-order valence-electron chi connectivity index (χ4n) is 2.30. The lowest BCUT2D eigenvalue weighted by Gasteiger charge is -2.20. The van der Waals surface area contributed by atoms with Crippen LogP contribution in [0.4, 0.5) is 13.6 Å². The van der Waals surface area contributed by atoms with Gasteiger partial charge in [0.2, 0.25) is 0 Å². The smallest absolute Gasteiger partial charge is 0.314 e. The molecule has 2 aromatic carbocycles. The molecule has 0 spiro atoms. The van der Waals surface area contributed by atoms with Crippen molar-refractivity contribution in [2.75, 3.05) is 19.8 Å². The lowest BCUT2D eigenvalue weighted by atomic mass is 9.91. The molecule has 0 aliphatic rings. The summed E-state index contributed by atoms with van der Waals surface area (Å²) in [6, 6.07) is 13.5. The van der Waals surface area contributed by atoms with Gasteiger partial charge in [-0.05, 0) is 17.2 Å². The number of rotatable bonds is 6. The Kier molecular flexibility index (Phi) is 6.35. The summed E-state index contributed by atoms with van der Waals surface area (Å²) in [7, 11) is 0. The molecule has 122 valence electrons. The maximum atomic E-state index is 14.4. The molecule has 6 heteroatoms. The minimum Gasteiger partial charge on any atom is -0.337 e. The molecule has 0 radical (unpaired) electrons. The number of alkyl halides is 1. The molecule has 1 atom stereocenters. The summed E-state index contributed by atoms with van der Waals surface area (Å²) in [5.74, 6) is -0.903. The van der Waals surface area contributed by atoms with E-state index >= 15 is 0 Å². The van der Waals surface area contributed by atoms with Crippen LogP contribution in [0.1, 0.15) is 17.0 Å². The van der Waals surface area contributed by atoms with E-state index in [9.17, 15) is 13.6 Å². The second kappa shape index (κ2) is 8.48. The van der Waals surface area contributed by atoms with Gasteiger partial charge in [-0.25, -0.2) is 13.6 Å².